The Bertz CT molecular complexity index is 562. The molecule has 0 aromatic rings. The number of rotatable bonds is 0. The van der Waals surface area contributed by atoms with Crippen molar-refractivity contribution in [2.24, 2.45) is 34.5 Å². The standard InChI is InChI=1S/C19H28O4/c1-17-5-4-14-13(15(17)7-12(20)8-17)3-2-11-6-16(21)19(22)9-18(11,14)10-23-19/h11,13-16,21-22H,2-10H2,1H3/t11?,13?,14?,15?,16-,17+,18+,19+/m0/s1. The number of ketones is 1. The summed E-state index contributed by atoms with van der Waals surface area (Å²) in [6, 6.07) is 0. The molecule has 0 radical (unpaired) electrons. The van der Waals surface area contributed by atoms with Crippen LogP contribution in [0.15, 0.2) is 0 Å². The van der Waals surface area contributed by atoms with E-state index in [9.17, 15) is 15.0 Å². The molecule has 5 rings (SSSR count). The van der Waals surface area contributed by atoms with E-state index in [-0.39, 0.29) is 10.8 Å². The summed E-state index contributed by atoms with van der Waals surface area (Å²) in [4.78, 5) is 12.1. The molecule has 1 saturated heterocycles. The highest BCUT2D eigenvalue weighted by atomic mass is 16.6. The molecule has 2 N–H and O–H groups in total. The van der Waals surface area contributed by atoms with E-state index < -0.39 is 11.9 Å². The number of fused-ring (bicyclic) bond motifs is 4. The number of carbonyl (C=O) groups is 1. The van der Waals surface area contributed by atoms with Crippen molar-refractivity contribution in [1.82, 2.24) is 0 Å². The number of carbonyl (C=O) groups excluding carboxylic acids is 1. The molecule has 4 saturated carbocycles. The van der Waals surface area contributed by atoms with E-state index in [2.05, 4.69) is 6.92 Å². The van der Waals surface area contributed by atoms with Crippen LogP contribution in [0.3, 0.4) is 0 Å². The third kappa shape index (κ3) is 1.75. The van der Waals surface area contributed by atoms with Crippen molar-refractivity contribution in [2.75, 3.05) is 6.61 Å². The predicted molar refractivity (Wildman–Crippen MR) is 83.4 cm³/mol. The normalized spacial score (nSPS) is 61.0. The highest BCUT2D eigenvalue weighted by Gasteiger charge is 2.68. The Kier molecular flexibility index (Phi) is 2.83. The summed E-state index contributed by atoms with van der Waals surface area (Å²) >= 11 is 0. The zero-order valence-electron chi connectivity index (χ0n) is 14.0. The lowest BCUT2D eigenvalue weighted by atomic mass is 9.45. The first-order chi connectivity index (χ1) is 10.9. The summed E-state index contributed by atoms with van der Waals surface area (Å²) in [7, 11) is 0. The highest BCUT2D eigenvalue weighted by molar-refractivity contribution is 5.82. The Morgan fingerprint density at radius 2 is 2.04 bits per heavy atom. The molecule has 1 heterocycles. The summed E-state index contributed by atoms with van der Waals surface area (Å²) in [5, 5.41) is 21.0. The molecule has 0 aromatic carbocycles. The largest absolute Gasteiger partial charge is 0.388 e. The summed E-state index contributed by atoms with van der Waals surface area (Å²) in [5.74, 6) is 1.32. The average molecular weight is 320 g/mol. The number of hydrogen-bond donors (Lipinski definition) is 2. The van der Waals surface area contributed by atoms with Crippen LogP contribution in [0.5, 0.6) is 0 Å². The lowest BCUT2D eigenvalue weighted by Crippen LogP contribution is -2.57. The van der Waals surface area contributed by atoms with Crippen LogP contribution in [0.25, 0.3) is 0 Å². The third-order valence-electron chi connectivity index (χ3n) is 8.61. The van der Waals surface area contributed by atoms with E-state index in [1.807, 2.05) is 0 Å². The van der Waals surface area contributed by atoms with Crippen LogP contribution in [0, 0.1) is 34.5 Å². The molecule has 5 fully saturated rings. The maximum absolute atomic E-state index is 12.1. The van der Waals surface area contributed by atoms with Gasteiger partial charge >= 0.3 is 0 Å². The Hall–Kier alpha value is -0.450. The highest BCUT2D eigenvalue weighted by Crippen LogP contribution is 2.68. The van der Waals surface area contributed by atoms with Crippen molar-refractivity contribution >= 4 is 5.78 Å². The minimum absolute atomic E-state index is 0.0455. The Morgan fingerprint density at radius 1 is 1.22 bits per heavy atom. The Labute approximate surface area is 137 Å². The maximum atomic E-state index is 12.1. The molecule has 4 aliphatic carbocycles. The van der Waals surface area contributed by atoms with Crippen molar-refractivity contribution in [3.63, 3.8) is 0 Å². The smallest absolute Gasteiger partial charge is 0.192 e. The van der Waals surface area contributed by atoms with Gasteiger partial charge in [0.25, 0.3) is 0 Å². The minimum Gasteiger partial charge on any atom is -0.388 e. The third-order valence-corrected chi connectivity index (χ3v) is 8.61. The zero-order chi connectivity index (χ0) is 16.0. The summed E-state index contributed by atoms with van der Waals surface area (Å²) < 4.78 is 5.78. The summed E-state index contributed by atoms with van der Waals surface area (Å²) in [5.41, 5.74) is 0.259. The maximum Gasteiger partial charge on any atom is 0.192 e. The van der Waals surface area contributed by atoms with Crippen molar-refractivity contribution in [3.05, 3.63) is 0 Å². The molecule has 23 heavy (non-hydrogen) atoms. The minimum atomic E-state index is -1.31. The van der Waals surface area contributed by atoms with E-state index in [4.69, 9.17) is 4.74 Å². The van der Waals surface area contributed by atoms with Gasteiger partial charge in [0, 0.05) is 24.7 Å². The van der Waals surface area contributed by atoms with Gasteiger partial charge in [-0.3, -0.25) is 4.79 Å². The Morgan fingerprint density at radius 3 is 2.87 bits per heavy atom. The van der Waals surface area contributed by atoms with E-state index >= 15 is 0 Å². The van der Waals surface area contributed by atoms with Crippen LogP contribution in [-0.4, -0.2) is 34.5 Å². The van der Waals surface area contributed by atoms with E-state index in [1.165, 1.54) is 6.42 Å². The topological polar surface area (TPSA) is 66.8 Å². The number of ether oxygens (including phenoxy) is 1. The average Bonchev–Trinajstić information content (AvgIpc) is 2.97. The van der Waals surface area contributed by atoms with Gasteiger partial charge in [0.1, 0.15) is 11.9 Å². The van der Waals surface area contributed by atoms with E-state index in [0.717, 1.165) is 32.1 Å². The number of Topliss-reactive ketones (excluding diaryl/α,β-unsaturated/α-hetero) is 1. The van der Waals surface area contributed by atoms with Crippen molar-refractivity contribution in [3.8, 4) is 0 Å². The van der Waals surface area contributed by atoms with Crippen molar-refractivity contribution in [1.29, 1.82) is 0 Å². The molecule has 128 valence electrons. The van der Waals surface area contributed by atoms with Crippen LogP contribution in [0.4, 0.5) is 0 Å². The van der Waals surface area contributed by atoms with Gasteiger partial charge in [-0.15, -0.1) is 0 Å². The molecule has 1 spiro atoms. The quantitative estimate of drug-likeness (QED) is 0.718. The van der Waals surface area contributed by atoms with Crippen LogP contribution < -0.4 is 0 Å². The molecular weight excluding hydrogens is 292 g/mol. The molecule has 0 amide bonds. The van der Waals surface area contributed by atoms with E-state index in [1.54, 1.807) is 0 Å². The predicted octanol–water partition coefficient (Wildman–Crippen LogP) is 2.27. The molecule has 4 unspecified atom stereocenters. The van der Waals surface area contributed by atoms with Gasteiger partial charge in [-0.2, -0.15) is 0 Å². The molecule has 0 aromatic heterocycles. The first kappa shape index (κ1) is 14.9. The van der Waals surface area contributed by atoms with Crippen LogP contribution in [0.2, 0.25) is 0 Å². The van der Waals surface area contributed by atoms with Crippen LogP contribution >= 0.6 is 0 Å². The van der Waals surface area contributed by atoms with Gasteiger partial charge in [-0.1, -0.05) is 6.92 Å². The fourth-order valence-corrected chi connectivity index (χ4v) is 7.52. The molecule has 2 bridgehead atoms. The van der Waals surface area contributed by atoms with Crippen LogP contribution in [-0.2, 0) is 9.53 Å². The second-order valence-electron chi connectivity index (χ2n) is 9.56. The second kappa shape index (κ2) is 4.39. The molecule has 4 heteroatoms. The van der Waals surface area contributed by atoms with Gasteiger partial charge in [0.15, 0.2) is 5.79 Å². The number of aliphatic hydroxyl groups excluding tert-OH is 1. The lowest BCUT2D eigenvalue weighted by Gasteiger charge is -2.59. The summed E-state index contributed by atoms with van der Waals surface area (Å²) in [6.07, 6.45) is 6.71. The summed E-state index contributed by atoms with van der Waals surface area (Å²) in [6.45, 7) is 2.93. The number of aliphatic hydroxyl groups is 2. The zero-order valence-corrected chi connectivity index (χ0v) is 14.0. The van der Waals surface area contributed by atoms with Crippen molar-refractivity contribution < 1.29 is 19.7 Å². The van der Waals surface area contributed by atoms with Gasteiger partial charge in [-0.25, -0.2) is 0 Å². The fourth-order valence-electron chi connectivity index (χ4n) is 7.52. The molecule has 8 atom stereocenters. The molecule has 5 aliphatic rings. The fraction of sp³-hybridized carbons (Fsp3) is 0.947. The Balaban J connectivity index is 1.51. The molecular formula is C19H28O4. The lowest BCUT2D eigenvalue weighted by molar-refractivity contribution is -0.242. The van der Waals surface area contributed by atoms with Crippen molar-refractivity contribution in [2.45, 2.75) is 70.2 Å². The SMILES string of the molecule is C[C@]12CCC3C(CCC4C[C@H](O)[C@@]5(O)C[C@@]43CO5)C1CC(=O)C2. The second-order valence-corrected chi connectivity index (χ2v) is 9.56. The van der Waals surface area contributed by atoms with E-state index in [0.29, 0.717) is 48.9 Å². The first-order valence-corrected chi connectivity index (χ1v) is 9.42. The monoisotopic (exact) mass is 320 g/mol. The van der Waals surface area contributed by atoms with Gasteiger partial charge in [0.2, 0.25) is 0 Å². The van der Waals surface area contributed by atoms with Gasteiger partial charge in [-0.05, 0) is 61.2 Å². The van der Waals surface area contributed by atoms with Gasteiger partial charge in [0.05, 0.1) is 6.61 Å². The first-order valence-electron chi connectivity index (χ1n) is 9.42. The van der Waals surface area contributed by atoms with Crippen LogP contribution in [0.1, 0.15) is 58.3 Å². The number of hydrogen-bond acceptors (Lipinski definition) is 4. The molecule has 1 aliphatic heterocycles. The van der Waals surface area contributed by atoms with Gasteiger partial charge < -0.3 is 14.9 Å². The molecule has 4 nitrogen and oxygen atoms in total.